The molecule has 2 aliphatic rings. The summed E-state index contributed by atoms with van der Waals surface area (Å²) < 4.78 is 39.4. The third-order valence-corrected chi connectivity index (χ3v) is 4.97. The van der Waals surface area contributed by atoms with Crippen LogP contribution in [0.3, 0.4) is 0 Å². The van der Waals surface area contributed by atoms with Gasteiger partial charge >= 0.3 is 6.18 Å². The Bertz CT molecular complexity index is 524. The fourth-order valence-corrected chi connectivity index (χ4v) is 3.96. The highest BCUT2D eigenvalue weighted by Gasteiger charge is 2.38. The van der Waals surface area contributed by atoms with Crippen molar-refractivity contribution in [2.75, 3.05) is 24.5 Å². The monoisotopic (exact) mass is 362 g/mol. The van der Waals surface area contributed by atoms with Crippen LogP contribution in [-0.2, 0) is 6.18 Å². The average molecular weight is 363 g/mol. The number of nitrogens with zero attached hydrogens (tertiary/aromatic N) is 1. The summed E-state index contributed by atoms with van der Waals surface area (Å²) in [5.41, 5.74) is 0.161. The van der Waals surface area contributed by atoms with Gasteiger partial charge in [-0.3, -0.25) is 0 Å². The van der Waals surface area contributed by atoms with Crippen LogP contribution >= 0.6 is 15.9 Å². The maximum atomic E-state index is 13.0. The first-order chi connectivity index (χ1) is 9.88. The summed E-state index contributed by atoms with van der Waals surface area (Å²) in [6.07, 6.45) is 0.325. The molecule has 1 spiro atoms. The van der Waals surface area contributed by atoms with E-state index in [2.05, 4.69) is 26.1 Å². The highest BCUT2D eigenvalue weighted by atomic mass is 79.9. The average Bonchev–Trinajstić information content (AvgIpc) is 2.85. The second kappa shape index (κ2) is 5.47. The van der Waals surface area contributed by atoms with Gasteiger partial charge in [-0.2, -0.15) is 13.2 Å². The predicted molar refractivity (Wildman–Crippen MR) is 80.6 cm³/mol. The molecule has 1 aliphatic carbocycles. The minimum atomic E-state index is -4.31. The summed E-state index contributed by atoms with van der Waals surface area (Å²) in [4.78, 5) is 2.09. The molecule has 21 heavy (non-hydrogen) atoms. The van der Waals surface area contributed by atoms with E-state index in [0.717, 1.165) is 38.5 Å². The fraction of sp³-hybridized carbons (Fsp3) is 0.600. The molecule has 2 fully saturated rings. The number of piperazine rings is 1. The van der Waals surface area contributed by atoms with Gasteiger partial charge in [0.1, 0.15) is 0 Å². The van der Waals surface area contributed by atoms with Gasteiger partial charge in [0.15, 0.2) is 0 Å². The maximum Gasteiger partial charge on any atom is 0.416 e. The lowest BCUT2D eigenvalue weighted by Crippen LogP contribution is -2.59. The standard InChI is InChI=1S/C15H18BrF3N2/c16-12-7-11(15(17,18)19)8-13(9-12)21-6-5-20-14(10-21)3-1-2-4-14/h7-9,20H,1-6,10H2. The van der Waals surface area contributed by atoms with Crippen molar-refractivity contribution in [2.45, 2.75) is 37.4 Å². The second-order valence-corrected chi connectivity index (χ2v) is 6.95. The molecular formula is C15H18BrF3N2. The number of alkyl halides is 3. The van der Waals surface area contributed by atoms with E-state index in [4.69, 9.17) is 0 Å². The Morgan fingerprint density at radius 3 is 2.52 bits per heavy atom. The molecule has 0 bridgehead atoms. The van der Waals surface area contributed by atoms with Crippen molar-refractivity contribution >= 4 is 21.6 Å². The molecule has 116 valence electrons. The minimum Gasteiger partial charge on any atom is -0.368 e. The molecule has 0 amide bonds. The SMILES string of the molecule is FC(F)(F)c1cc(Br)cc(N2CCNC3(CCCC3)C2)c1. The van der Waals surface area contributed by atoms with E-state index in [1.54, 1.807) is 6.07 Å². The largest absolute Gasteiger partial charge is 0.416 e. The number of nitrogens with one attached hydrogen (secondary N) is 1. The van der Waals surface area contributed by atoms with Gasteiger partial charge in [-0.1, -0.05) is 28.8 Å². The van der Waals surface area contributed by atoms with Crippen LogP contribution in [0.5, 0.6) is 0 Å². The summed E-state index contributed by atoms with van der Waals surface area (Å²) in [6.45, 7) is 2.37. The van der Waals surface area contributed by atoms with E-state index < -0.39 is 11.7 Å². The van der Waals surface area contributed by atoms with Crippen LogP contribution in [0, 0.1) is 0 Å². The smallest absolute Gasteiger partial charge is 0.368 e. The van der Waals surface area contributed by atoms with Crippen LogP contribution in [0.1, 0.15) is 31.2 Å². The van der Waals surface area contributed by atoms with Crippen LogP contribution < -0.4 is 10.2 Å². The molecule has 0 aromatic heterocycles. The Morgan fingerprint density at radius 2 is 1.86 bits per heavy atom. The molecule has 1 N–H and O–H groups in total. The molecule has 0 atom stereocenters. The van der Waals surface area contributed by atoms with Gasteiger partial charge in [0.05, 0.1) is 5.56 Å². The van der Waals surface area contributed by atoms with Gasteiger partial charge in [0.2, 0.25) is 0 Å². The first-order valence-corrected chi connectivity index (χ1v) is 8.05. The van der Waals surface area contributed by atoms with Crippen molar-refractivity contribution in [1.29, 1.82) is 0 Å². The normalized spacial score (nSPS) is 22.0. The number of hydrogen-bond acceptors (Lipinski definition) is 2. The van der Waals surface area contributed by atoms with E-state index in [0.29, 0.717) is 10.2 Å². The van der Waals surface area contributed by atoms with E-state index in [1.807, 2.05) is 0 Å². The summed E-state index contributed by atoms with van der Waals surface area (Å²) in [5, 5.41) is 3.58. The predicted octanol–water partition coefficient (Wildman–Crippen LogP) is 4.19. The van der Waals surface area contributed by atoms with Crippen LogP contribution in [0.25, 0.3) is 0 Å². The Hall–Kier alpha value is -0.750. The molecule has 3 rings (SSSR count). The molecule has 1 aromatic rings. The van der Waals surface area contributed by atoms with Gasteiger partial charge in [-0.15, -0.1) is 0 Å². The zero-order valence-electron chi connectivity index (χ0n) is 11.6. The lowest BCUT2D eigenvalue weighted by molar-refractivity contribution is -0.137. The molecule has 0 radical (unpaired) electrons. The van der Waals surface area contributed by atoms with Crippen LogP contribution in [0.2, 0.25) is 0 Å². The van der Waals surface area contributed by atoms with E-state index in [1.165, 1.54) is 18.9 Å². The zero-order chi connectivity index (χ0) is 15.1. The summed E-state index contributed by atoms with van der Waals surface area (Å²) in [6, 6.07) is 4.18. The molecular weight excluding hydrogens is 345 g/mol. The number of anilines is 1. The number of benzene rings is 1. The fourth-order valence-electron chi connectivity index (χ4n) is 3.48. The molecule has 0 unspecified atom stereocenters. The van der Waals surface area contributed by atoms with Crippen molar-refractivity contribution < 1.29 is 13.2 Å². The van der Waals surface area contributed by atoms with E-state index >= 15 is 0 Å². The van der Waals surface area contributed by atoms with Crippen molar-refractivity contribution in [3.05, 3.63) is 28.2 Å². The first-order valence-electron chi connectivity index (χ1n) is 7.26. The Labute approximate surface area is 130 Å². The van der Waals surface area contributed by atoms with Crippen LogP contribution in [-0.4, -0.2) is 25.2 Å². The van der Waals surface area contributed by atoms with Gasteiger partial charge < -0.3 is 10.2 Å². The highest BCUT2D eigenvalue weighted by Crippen LogP contribution is 2.37. The van der Waals surface area contributed by atoms with Crippen LogP contribution in [0.15, 0.2) is 22.7 Å². The first kappa shape index (κ1) is 15.2. The van der Waals surface area contributed by atoms with E-state index in [-0.39, 0.29) is 5.54 Å². The van der Waals surface area contributed by atoms with Crippen molar-refractivity contribution in [3.63, 3.8) is 0 Å². The van der Waals surface area contributed by atoms with E-state index in [9.17, 15) is 13.2 Å². The lowest BCUT2D eigenvalue weighted by atomic mass is 9.94. The molecule has 2 nitrogen and oxygen atoms in total. The summed E-state index contributed by atoms with van der Waals surface area (Å²) in [7, 11) is 0. The molecule has 6 heteroatoms. The molecule has 1 aliphatic heterocycles. The number of rotatable bonds is 1. The van der Waals surface area contributed by atoms with Gasteiger partial charge in [-0.25, -0.2) is 0 Å². The van der Waals surface area contributed by atoms with Crippen molar-refractivity contribution in [1.82, 2.24) is 5.32 Å². The maximum absolute atomic E-state index is 13.0. The second-order valence-electron chi connectivity index (χ2n) is 6.03. The molecule has 1 saturated carbocycles. The van der Waals surface area contributed by atoms with Crippen molar-refractivity contribution in [3.8, 4) is 0 Å². The molecule has 1 saturated heterocycles. The Morgan fingerprint density at radius 1 is 1.14 bits per heavy atom. The molecule has 1 heterocycles. The third-order valence-electron chi connectivity index (χ3n) is 4.51. The minimum absolute atomic E-state index is 0.0962. The van der Waals surface area contributed by atoms with Gasteiger partial charge in [-0.05, 0) is 31.0 Å². The quantitative estimate of drug-likeness (QED) is 0.805. The number of halogens is 4. The van der Waals surface area contributed by atoms with Gasteiger partial charge in [0.25, 0.3) is 0 Å². The van der Waals surface area contributed by atoms with Gasteiger partial charge in [0, 0.05) is 35.3 Å². The molecule has 1 aromatic carbocycles. The summed E-state index contributed by atoms with van der Waals surface area (Å²) >= 11 is 3.20. The topological polar surface area (TPSA) is 15.3 Å². The summed E-state index contributed by atoms with van der Waals surface area (Å²) in [5.74, 6) is 0. The Kier molecular flexibility index (Phi) is 3.94. The Balaban J connectivity index is 1.87. The highest BCUT2D eigenvalue weighted by molar-refractivity contribution is 9.10. The van der Waals surface area contributed by atoms with Crippen LogP contribution in [0.4, 0.5) is 18.9 Å². The zero-order valence-corrected chi connectivity index (χ0v) is 13.2. The third kappa shape index (κ3) is 3.21. The lowest BCUT2D eigenvalue weighted by Gasteiger charge is -2.43. The van der Waals surface area contributed by atoms with Crippen molar-refractivity contribution in [2.24, 2.45) is 0 Å². The number of hydrogen-bond donors (Lipinski definition) is 1.